The molecule has 1 aromatic heterocycles. The Kier molecular flexibility index (Phi) is 4.62. The Labute approximate surface area is 165 Å². The van der Waals surface area contributed by atoms with Gasteiger partial charge in [-0.15, -0.1) is 0 Å². The molecular formula is C22H16BrClO2. The Morgan fingerprint density at radius 2 is 1.65 bits per heavy atom. The number of rotatable bonds is 4. The van der Waals surface area contributed by atoms with E-state index in [0.29, 0.717) is 17.2 Å². The highest BCUT2D eigenvalue weighted by Gasteiger charge is 2.35. The van der Waals surface area contributed by atoms with Gasteiger partial charge >= 0.3 is 0 Å². The predicted octanol–water partition coefficient (Wildman–Crippen LogP) is 6.33. The molecule has 0 bridgehead atoms. The fourth-order valence-electron chi connectivity index (χ4n) is 3.17. The summed E-state index contributed by atoms with van der Waals surface area (Å²) < 4.78 is 7.01. The van der Waals surface area contributed by atoms with Crippen LogP contribution in [0, 0.1) is 0 Å². The van der Waals surface area contributed by atoms with Crippen molar-refractivity contribution in [3.8, 4) is 0 Å². The molecule has 0 saturated heterocycles. The molecule has 0 amide bonds. The van der Waals surface area contributed by atoms with Crippen LogP contribution in [0.15, 0.2) is 87.8 Å². The molecular weight excluding hydrogens is 412 g/mol. The van der Waals surface area contributed by atoms with E-state index in [1.807, 2.05) is 66.7 Å². The van der Waals surface area contributed by atoms with Crippen LogP contribution in [-0.4, -0.2) is 5.11 Å². The third-order valence-corrected chi connectivity index (χ3v) is 5.26. The molecule has 1 N–H and O–H groups in total. The van der Waals surface area contributed by atoms with Gasteiger partial charge in [-0.1, -0.05) is 70.0 Å². The molecule has 1 atom stereocenters. The first-order valence-electron chi connectivity index (χ1n) is 8.26. The SMILES string of the molecule is OC(Cc1ccccc1)(c1ccc(Cl)cc1)c1cc2cc(Br)ccc2o1. The van der Waals surface area contributed by atoms with E-state index < -0.39 is 5.60 Å². The molecule has 0 aliphatic carbocycles. The van der Waals surface area contributed by atoms with E-state index >= 15 is 0 Å². The summed E-state index contributed by atoms with van der Waals surface area (Å²) >= 11 is 9.52. The zero-order valence-corrected chi connectivity index (χ0v) is 16.2. The van der Waals surface area contributed by atoms with E-state index in [-0.39, 0.29) is 0 Å². The van der Waals surface area contributed by atoms with Gasteiger partial charge in [0.2, 0.25) is 0 Å². The van der Waals surface area contributed by atoms with Crippen LogP contribution in [-0.2, 0) is 12.0 Å². The molecule has 1 unspecified atom stereocenters. The van der Waals surface area contributed by atoms with Crippen LogP contribution < -0.4 is 0 Å². The topological polar surface area (TPSA) is 33.4 Å². The van der Waals surface area contributed by atoms with Crippen molar-refractivity contribution in [1.82, 2.24) is 0 Å². The lowest BCUT2D eigenvalue weighted by Gasteiger charge is -2.27. The van der Waals surface area contributed by atoms with Crippen molar-refractivity contribution in [2.45, 2.75) is 12.0 Å². The number of aliphatic hydroxyl groups is 1. The summed E-state index contributed by atoms with van der Waals surface area (Å²) in [5.74, 6) is 0.511. The van der Waals surface area contributed by atoms with Crippen molar-refractivity contribution in [3.63, 3.8) is 0 Å². The second kappa shape index (κ2) is 6.92. The van der Waals surface area contributed by atoms with Gasteiger partial charge in [0.1, 0.15) is 11.3 Å². The van der Waals surface area contributed by atoms with Gasteiger partial charge < -0.3 is 9.52 Å². The molecule has 2 nitrogen and oxygen atoms in total. The van der Waals surface area contributed by atoms with Crippen LogP contribution in [0.4, 0.5) is 0 Å². The largest absolute Gasteiger partial charge is 0.458 e. The lowest BCUT2D eigenvalue weighted by Crippen LogP contribution is -2.29. The highest BCUT2D eigenvalue weighted by molar-refractivity contribution is 9.10. The van der Waals surface area contributed by atoms with Gasteiger partial charge in [-0.2, -0.15) is 0 Å². The Hall–Kier alpha value is -2.07. The third kappa shape index (κ3) is 3.30. The first-order chi connectivity index (χ1) is 12.5. The zero-order chi connectivity index (χ0) is 18.1. The molecule has 4 aromatic rings. The van der Waals surface area contributed by atoms with Crippen molar-refractivity contribution in [2.24, 2.45) is 0 Å². The van der Waals surface area contributed by atoms with Crippen molar-refractivity contribution < 1.29 is 9.52 Å². The summed E-state index contributed by atoms with van der Waals surface area (Å²) in [4.78, 5) is 0. The van der Waals surface area contributed by atoms with Gasteiger partial charge in [0.15, 0.2) is 5.60 Å². The average Bonchev–Trinajstić information content (AvgIpc) is 3.07. The predicted molar refractivity (Wildman–Crippen MR) is 109 cm³/mol. The lowest BCUT2D eigenvalue weighted by atomic mass is 9.85. The molecule has 4 rings (SSSR count). The maximum absolute atomic E-state index is 11.7. The molecule has 0 fully saturated rings. The minimum absolute atomic E-state index is 0.399. The van der Waals surface area contributed by atoms with Crippen molar-refractivity contribution >= 4 is 38.5 Å². The van der Waals surface area contributed by atoms with Gasteiger partial charge in [-0.25, -0.2) is 0 Å². The van der Waals surface area contributed by atoms with Crippen LogP contribution in [0.3, 0.4) is 0 Å². The van der Waals surface area contributed by atoms with Crippen molar-refractivity contribution in [1.29, 1.82) is 0 Å². The first-order valence-corrected chi connectivity index (χ1v) is 9.44. The Morgan fingerprint density at radius 3 is 2.38 bits per heavy atom. The normalized spacial score (nSPS) is 13.7. The molecule has 0 aliphatic heterocycles. The second-order valence-electron chi connectivity index (χ2n) is 6.32. The van der Waals surface area contributed by atoms with E-state index in [0.717, 1.165) is 26.6 Å². The van der Waals surface area contributed by atoms with E-state index in [1.165, 1.54) is 0 Å². The Bertz CT molecular complexity index is 1040. The number of benzene rings is 3. The molecule has 0 saturated carbocycles. The van der Waals surface area contributed by atoms with Crippen molar-refractivity contribution in [3.05, 3.63) is 105 Å². The minimum Gasteiger partial charge on any atom is -0.458 e. The molecule has 26 heavy (non-hydrogen) atoms. The van der Waals surface area contributed by atoms with Gasteiger partial charge in [-0.3, -0.25) is 0 Å². The standard InChI is InChI=1S/C22H16BrClO2/c23-18-8-11-20-16(12-18)13-21(26-20)22(25,14-15-4-2-1-3-5-15)17-6-9-19(24)10-7-17/h1-13,25H,14H2. The summed E-state index contributed by atoms with van der Waals surface area (Å²) in [6.45, 7) is 0. The number of hydrogen-bond donors (Lipinski definition) is 1. The average molecular weight is 428 g/mol. The van der Waals surface area contributed by atoms with E-state index in [1.54, 1.807) is 12.1 Å². The summed E-state index contributed by atoms with van der Waals surface area (Å²) in [7, 11) is 0. The minimum atomic E-state index is -1.29. The Morgan fingerprint density at radius 1 is 0.923 bits per heavy atom. The first kappa shape index (κ1) is 17.3. The van der Waals surface area contributed by atoms with Gasteiger partial charge in [0.05, 0.1) is 0 Å². The summed E-state index contributed by atoms with van der Waals surface area (Å²) in [6, 6.07) is 24.8. The summed E-state index contributed by atoms with van der Waals surface area (Å²) in [5.41, 5.74) is 1.20. The van der Waals surface area contributed by atoms with E-state index in [2.05, 4.69) is 15.9 Å². The second-order valence-corrected chi connectivity index (χ2v) is 7.67. The fourth-order valence-corrected chi connectivity index (χ4v) is 3.67. The maximum Gasteiger partial charge on any atom is 0.151 e. The number of furan rings is 1. The van der Waals surface area contributed by atoms with E-state index in [9.17, 15) is 5.11 Å². The van der Waals surface area contributed by atoms with Crippen LogP contribution in [0.25, 0.3) is 11.0 Å². The van der Waals surface area contributed by atoms with Crippen molar-refractivity contribution in [2.75, 3.05) is 0 Å². The van der Waals surface area contributed by atoms with Crippen LogP contribution in [0.5, 0.6) is 0 Å². The smallest absolute Gasteiger partial charge is 0.151 e. The van der Waals surface area contributed by atoms with Gasteiger partial charge in [0.25, 0.3) is 0 Å². The molecule has 4 heteroatoms. The lowest BCUT2D eigenvalue weighted by molar-refractivity contribution is 0.0587. The monoisotopic (exact) mass is 426 g/mol. The molecule has 0 spiro atoms. The molecule has 0 radical (unpaired) electrons. The van der Waals surface area contributed by atoms with Gasteiger partial charge in [-0.05, 0) is 47.5 Å². The quantitative estimate of drug-likeness (QED) is 0.413. The molecule has 130 valence electrons. The van der Waals surface area contributed by atoms with Crippen LogP contribution in [0.1, 0.15) is 16.9 Å². The van der Waals surface area contributed by atoms with Crippen LogP contribution in [0.2, 0.25) is 5.02 Å². The summed E-state index contributed by atoms with van der Waals surface area (Å²) in [6.07, 6.45) is 0.399. The van der Waals surface area contributed by atoms with E-state index in [4.69, 9.17) is 16.0 Å². The highest BCUT2D eigenvalue weighted by atomic mass is 79.9. The third-order valence-electron chi connectivity index (χ3n) is 4.51. The van der Waals surface area contributed by atoms with Gasteiger partial charge in [0, 0.05) is 21.3 Å². The molecule has 0 aliphatic rings. The zero-order valence-electron chi connectivity index (χ0n) is 13.8. The number of fused-ring (bicyclic) bond motifs is 1. The highest BCUT2D eigenvalue weighted by Crippen LogP contribution is 2.37. The fraction of sp³-hybridized carbons (Fsp3) is 0.0909. The molecule has 1 heterocycles. The van der Waals surface area contributed by atoms with Crippen LogP contribution >= 0.6 is 27.5 Å². The number of halogens is 2. The number of hydrogen-bond acceptors (Lipinski definition) is 2. The molecule has 3 aromatic carbocycles. The maximum atomic E-state index is 11.7. The Balaban J connectivity index is 1.87. The summed E-state index contributed by atoms with van der Waals surface area (Å²) in [5, 5.41) is 13.3.